The van der Waals surface area contributed by atoms with Gasteiger partial charge in [0.25, 0.3) is 0 Å². The van der Waals surface area contributed by atoms with E-state index in [9.17, 15) is 49.1 Å². The van der Waals surface area contributed by atoms with Gasteiger partial charge < -0.3 is 9.47 Å². The molecule has 3 rings (SSSR count). The molecule has 2 amide bonds. The Balaban J connectivity index is 2.27. The average Bonchev–Trinajstić information content (AvgIpc) is 2.87. The third-order valence-electron chi connectivity index (χ3n) is 6.92. The number of rotatable bonds is 4. The highest BCUT2D eigenvalue weighted by Crippen LogP contribution is 2.46. The van der Waals surface area contributed by atoms with Gasteiger partial charge in [0.05, 0.1) is 35.5 Å². The molecule has 0 aromatic heterocycles. The van der Waals surface area contributed by atoms with Crippen molar-refractivity contribution in [1.29, 1.82) is 0 Å². The number of fused-ring (bicyclic) bond motifs is 1. The minimum absolute atomic E-state index is 0.0730. The highest BCUT2D eigenvalue weighted by molar-refractivity contribution is 5.91. The number of halogens is 9. The summed E-state index contributed by atoms with van der Waals surface area (Å²) in [5.41, 5.74) is -6.32. The topological polar surface area (TPSA) is 59.1 Å². The molecule has 0 bridgehead atoms. The summed E-state index contributed by atoms with van der Waals surface area (Å²) in [7, 11) is 0.908. The summed E-state index contributed by atoms with van der Waals surface area (Å²) in [6, 6.07) is 1.02. The largest absolute Gasteiger partial charge is 0.453 e. The molecule has 6 nitrogen and oxygen atoms in total. The molecule has 0 saturated heterocycles. The molecule has 44 heavy (non-hydrogen) atoms. The van der Waals surface area contributed by atoms with Crippen LogP contribution in [0, 0.1) is 5.92 Å². The Morgan fingerprint density at radius 2 is 1.39 bits per heavy atom. The summed E-state index contributed by atoms with van der Waals surface area (Å²) >= 11 is 0. The molecular formula is C29H31F9N2O4. The molecule has 0 fully saturated rings. The zero-order valence-electron chi connectivity index (χ0n) is 24.5. The van der Waals surface area contributed by atoms with Gasteiger partial charge in [-0.3, -0.25) is 9.80 Å². The van der Waals surface area contributed by atoms with E-state index in [1.165, 1.54) is 0 Å². The first-order chi connectivity index (χ1) is 19.9. The van der Waals surface area contributed by atoms with E-state index in [0.29, 0.717) is 18.2 Å². The number of amides is 2. The SMILES string of the molecule is COC(=O)N(Cc1cc(C(F)(F)F)cc(C(F)(F)F)c1)[C@@H]1C[C@H](C(C)C)N(C(=O)OC(C)(C)C)c2ccc(C(F)(F)F)cc21. The Kier molecular flexibility index (Phi) is 9.53. The van der Waals surface area contributed by atoms with Gasteiger partial charge in [-0.25, -0.2) is 9.59 Å². The van der Waals surface area contributed by atoms with Crippen molar-refractivity contribution in [3.63, 3.8) is 0 Å². The first kappa shape index (κ1) is 34.8. The van der Waals surface area contributed by atoms with Crippen LogP contribution < -0.4 is 4.90 Å². The fourth-order valence-electron chi connectivity index (χ4n) is 4.99. The molecule has 1 aliphatic rings. The van der Waals surface area contributed by atoms with E-state index in [-0.39, 0.29) is 23.7 Å². The molecular weight excluding hydrogens is 611 g/mol. The van der Waals surface area contributed by atoms with Crippen LogP contribution in [0.5, 0.6) is 0 Å². The molecule has 0 spiro atoms. The standard InChI is InChI=1S/C29H31F9N2O4/c1-15(2)22-13-23(20-12-17(27(30,31)32)7-8-21(20)40(22)25(42)44-26(3,4)5)39(24(41)43-6)14-16-9-18(28(33,34)35)11-19(10-16)29(36,37)38/h7-12,15,22-23H,13-14H2,1-6H3/t22-,23-/m1/s1. The number of hydrogen-bond acceptors (Lipinski definition) is 4. The van der Waals surface area contributed by atoms with Gasteiger partial charge >= 0.3 is 30.7 Å². The number of hydrogen-bond donors (Lipinski definition) is 0. The number of ether oxygens (including phenoxy) is 2. The van der Waals surface area contributed by atoms with E-state index >= 15 is 0 Å². The van der Waals surface area contributed by atoms with Crippen LogP contribution >= 0.6 is 0 Å². The number of benzene rings is 2. The van der Waals surface area contributed by atoms with Crippen LogP contribution in [-0.4, -0.2) is 35.8 Å². The fourth-order valence-corrected chi connectivity index (χ4v) is 4.99. The lowest BCUT2D eigenvalue weighted by Crippen LogP contribution is -2.52. The highest BCUT2D eigenvalue weighted by atomic mass is 19.4. The number of carbonyl (C=O) groups excluding carboxylic acids is 2. The third kappa shape index (κ3) is 7.89. The molecule has 0 aliphatic carbocycles. The van der Waals surface area contributed by atoms with Gasteiger partial charge in [0.15, 0.2) is 0 Å². The predicted molar refractivity (Wildman–Crippen MR) is 141 cm³/mol. The van der Waals surface area contributed by atoms with E-state index in [1.807, 2.05) is 0 Å². The van der Waals surface area contributed by atoms with Crippen molar-refractivity contribution in [2.24, 2.45) is 5.92 Å². The summed E-state index contributed by atoms with van der Waals surface area (Å²) in [4.78, 5) is 28.4. The van der Waals surface area contributed by atoms with E-state index in [4.69, 9.17) is 9.47 Å². The first-order valence-electron chi connectivity index (χ1n) is 13.3. The van der Waals surface area contributed by atoms with Crippen molar-refractivity contribution < 1.29 is 58.6 Å². The number of anilines is 1. The summed E-state index contributed by atoms with van der Waals surface area (Å²) < 4.78 is 133. The maximum atomic E-state index is 13.8. The fraction of sp³-hybridized carbons (Fsp3) is 0.517. The second-order valence-electron chi connectivity index (χ2n) is 11.7. The van der Waals surface area contributed by atoms with Gasteiger partial charge in [-0.05, 0) is 80.6 Å². The Morgan fingerprint density at radius 1 is 0.864 bits per heavy atom. The van der Waals surface area contributed by atoms with E-state index in [1.54, 1.807) is 34.6 Å². The molecule has 2 atom stereocenters. The molecule has 2 aromatic carbocycles. The van der Waals surface area contributed by atoms with Crippen LogP contribution in [0.2, 0.25) is 0 Å². The van der Waals surface area contributed by atoms with Crippen LogP contribution in [0.25, 0.3) is 0 Å². The Labute approximate surface area is 247 Å². The smallest absolute Gasteiger partial charge is 0.416 e. The van der Waals surface area contributed by atoms with Gasteiger partial charge in [0, 0.05) is 12.6 Å². The van der Waals surface area contributed by atoms with Gasteiger partial charge in [0.1, 0.15) is 5.60 Å². The highest BCUT2D eigenvalue weighted by Gasteiger charge is 2.45. The molecule has 15 heteroatoms. The molecule has 1 heterocycles. The maximum Gasteiger partial charge on any atom is 0.416 e. The summed E-state index contributed by atoms with van der Waals surface area (Å²) in [6.07, 6.45) is -17.6. The second-order valence-corrected chi connectivity index (χ2v) is 11.7. The quantitative estimate of drug-likeness (QED) is 0.312. The van der Waals surface area contributed by atoms with Crippen molar-refractivity contribution in [3.8, 4) is 0 Å². The zero-order chi connectivity index (χ0) is 33.6. The van der Waals surface area contributed by atoms with Crippen molar-refractivity contribution in [2.45, 2.75) is 83.8 Å². The summed E-state index contributed by atoms with van der Waals surface area (Å²) in [5.74, 6) is -0.398. The summed E-state index contributed by atoms with van der Waals surface area (Å²) in [6.45, 7) is 7.24. The van der Waals surface area contributed by atoms with Crippen LogP contribution in [0.3, 0.4) is 0 Å². The van der Waals surface area contributed by atoms with Gasteiger partial charge in [-0.1, -0.05) is 13.8 Å². The van der Waals surface area contributed by atoms with Gasteiger partial charge in [-0.15, -0.1) is 0 Å². The van der Waals surface area contributed by atoms with Crippen molar-refractivity contribution >= 4 is 17.9 Å². The second kappa shape index (κ2) is 12.0. The molecule has 244 valence electrons. The van der Waals surface area contributed by atoms with Crippen LogP contribution in [0.15, 0.2) is 36.4 Å². The van der Waals surface area contributed by atoms with E-state index in [0.717, 1.165) is 29.0 Å². The van der Waals surface area contributed by atoms with E-state index < -0.39 is 83.1 Å². The minimum Gasteiger partial charge on any atom is -0.453 e. The van der Waals surface area contributed by atoms with Crippen LogP contribution in [0.4, 0.5) is 54.8 Å². The Morgan fingerprint density at radius 3 is 1.82 bits per heavy atom. The molecule has 0 radical (unpaired) electrons. The van der Waals surface area contributed by atoms with E-state index in [2.05, 4.69) is 0 Å². The third-order valence-corrected chi connectivity index (χ3v) is 6.92. The number of carbonyl (C=O) groups is 2. The number of methoxy groups -OCH3 is 1. The van der Waals surface area contributed by atoms with Gasteiger partial charge in [0.2, 0.25) is 0 Å². The Bertz CT molecular complexity index is 1350. The van der Waals surface area contributed by atoms with Gasteiger partial charge in [-0.2, -0.15) is 39.5 Å². The predicted octanol–water partition coefficient (Wildman–Crippen LogP) is 9.22. The lowest BCUT2D eigenvalue weighted by molar-refractivity contribution is -0.143. The average molecular weight is 643 g/mol. The van der Waals surface area contributed by atoms with Crippen molar-refractivity contribution in [2.75, 3.05) is 12.0 Å². The first-order valence-corrected chi connectivity index (χ1v) is 13.3. The lowest BCUT2D eigenvalue weighted by Gasteiger charge is -2.45. The molecule has 2 aromatic rings. The number of nitrogens with zero attached hydrogens (tertiary/aromatic N) is 2. The molecule has 0 saturated carbocycles. The van der Waals surface area contributed by atoms with Crippen molar-refractivity contribution in [1.82, 2.24) is 4.90 Å². The maximum absolute atomic E-state index is 13.8. The van der Waals surface area contributed by atoms with Crippen LogP contribution in [-0.2, 0) is 34.5 Å². The molecule has 0 N–H and O–H groups in total. The normalized spacial score (nSPS) is 17.8. The van der Waals surface area contributed by atoms with Crippen molar-refractivity contribution in [3.05, 3.63) is 64.2 Å². The lowest BCUT2D eigenvalue weighted by atomic mass is 9.84. The minimum atomic E-state index is -5.18. The monoisotopic (exact) mass is 642 g/mol. The zero-order valence-corrected chi connectivity index (χ0v) is 24.5. The summed E-state index contributed by atoms with van der Waals surface area (Å²) in [5, 5.41) is 0. The Hall–Kier alpha value is -3.65. The molecule has 0 unspecified atom stereocenters. The number of alkyl halides is 9. The molecule has 1 aliphatic heterocycles. The van der Waals surface area contributed by atoms with Crippen LogP contribution in [0.1, 0.15) is 74.9 Å².